The Balaban J connectivity index is 1.90. The SMILES string of the molecule is CCc1oc(C(=O)N(CC)Cc2nc3ccccc3c(=O)[nH]2)cc1C(=O)O. The number of nitrogens with zero attached hydrogens (tertiary/aromatic N) is 2. The molecule has 0 atom stereocenters. The van der Waals surface area contributed by atoms with Crippen molar-refractivity contribution in [3.8, 4) is 0 Å². The summed E-state index contributed by atoms with van der Waals surface area (Å²) in [6, 6.07) is 8.18. The van der Waals surface area contributed by atoms with Crippen LogP contribution in [0.25, 0.3) is 10.9 Å². The highest BCUT2D eigenvalue weighted by molar-refractivity contribution is 5.96. The van der Waals surface area contributed by atoms with E-state index in [1.165, 1.54) is 11.0 Å². The highest BCUT2D eigenvalue weighted by Gasteiger charge is 2.24. The van der Waals surface area contributed by atoms with Crippen LogP contribution in [-0.4, -0.2) is 38.4 Å². The summed E-state index contributed by atoms with van der Waals surface area (Å²) < 4.78 is 5.44. The summed E-state index contributed by atoms with van der Waals surface area (Å²) in [7, 11) is 0. The highest BCUT2D eigenvalue weighted by atomic mass is 16.4. The van der Waals surface area contributed by atoms with Gasteiger partial charge in [0, 0.05) is 19.0 Å². The first-order valence-electron chi connectivity index (χ1n) is 8.57. The molecule has 0 aliphatic carbocycles. The molecule has 1 aromatic carbocycles. The number of aryl methyl sites for hydroxylation is 1. The lowest BCUT2D eigenvalue weighted by atomic mass is 10.2. The number of carbonyl (C=O) groups is 2. The molecule has 0 saturated carbocycles. The van der Waals surface area contributed by atoms with Crippen LogP contribution >= 0.6 is 0 Å². The van der Waals surface area contributed by atoms with Gasteiger partial charge in [0.2, 0.25) is 0 Å². The van der Waals surface area contributed by atoms with Crippen molar-refractivity contribution >= 4 is 22.8 Å². The molecule has 0 unspecified atom stereocenters. The fourth-order valence-electron chi connectivity index (χ4n) is 2.85. The van der Waals surface area contributed by atoms with Crippen LogP contribution in [0.5, 0.6) is 0 Å². The number of furan rings is 1. The zero-order valence-electron chi connectivity index (χ0n) is 15.0. The van der Waals surface area contributed by atoms with Crippen molar-refractivity contribution < 1.29 is 19.1 Å². The predicted molar refractivity (Wildman–Crippen MR) is 97.8 cm³/mol. The smallest absolute Gasteiger partial charge is 0.339 e. The average molecular weight is 369 g/mol. The van der Waals surface area contributed by atoms with E-state index in [0.717, 1.165) is 0 Å². The Morgan fingerprint density at radius 1 is 1.26 bits per heavy atom. The van der Waals surface area contributed by atoms with E-state index < -0.39 is 11.9 Å². The summed E-state index contributed by atoms with van der Waals surface area (Å²) in [6.45, 7) is 3.93. The van der Waals surface area contributed by atoms with Crippen LogP contribution < -0.4 is 5.56 Å². The molecule has 0 aliphatic heterocycles. The van der Waals surface area contributed by atoms with Gasteiger partial charge in [-0.15, -0.1) is 0 Å². The number of aromatic carboxylic acids is 1. The number of carboxylic acid groups (broad SMARTS) is 1. The second-order valence-electron chi connectivity index (χ2n) is 5.96. The predicted octanol–water partition coefficient (Wildman–Crippen LogP) is 2.44. The molecule has 2 heterocycles. The molecule has 3 aromatic rings. The number of rotatable bonds is 6. The number of aromatic nitrogens is 2. The van der Waals surface area contributed by atoms with E-state index in [1.54, 1.807) is 38.1 Å². The molecule has 1 amide bonds. The number of para-hydroxylation sites is 1. The van der Waals surface area contributed by atoms with Gasteiger partial charge in [-0.3, -0.25) is 9.59 Å². The van der Waals surface area contributed by atoms with Crippen LogP contribution in [0, 0.1) is 0 Å². The third kappa shape index (κ3) is 3.59. The monoisotopic (exact) mass is 369 g/mol. The molecule has 3 rings (SSSR count). The number of benzene rings is 1. The molecular weight excluding hydrogens is 350 g/mol. The second-order valence-corrected chi connectivity index (χ2v) is 5.96. The van der Waals surface area contributed by atoms with Crippen LogP contribution in [0.15, 0.2) is 39.5 Å². The fraction of sp³-hybridized carbons (Fsp3) is 0.263. The molecule has 0 spiro atoms. The molecule has 0 fully saturated rings. The van der Waals surface area contributed by atoms with Crippen LogP contribution in [0.4, 0.5) is 0 Å². The third-order valence-electron chi connectivity index (χ3n) is 4.24. The van der Waals surface area contributed by atoms with Gasteiger partial charge in [0.1, 0.15) is 17.1 Å². The molecular formula is C19H19N3O5. The molecule has 0 radical (unpaired) electrons. The minimum atomic E-state index is -1.14. The molecule has 8 heteroatoms. The number of nitrogens with one attached hydrogen (secondary N) is 1. The zero-order valence-corrected chi connectivity index (χ0v) is 15.0. The summed E-state index contributed by atoms with van der Waals surface area (Å²) in [5.74, 6) is -1.06. The first kappa shape index (κ1) is 18.4. The van der Waals surface area contributed by atoms with Gasteiger partial charge in [0.25, 0.3) is 11.5 Å². The van der Waals surface area contributed by atoms with Gasteiger partial charge in [-0.25, -0.2) is 9.78 Å². The maximum Gasteiger partial charge on any atom is 0.339 e. The van der Waals surface area contributed by atoms with E-state index in [-0.39, 0.29) is 29.2 Å². The van der Waals surface area contributed by atoms with Crippen molar-refractivity contribution in [1.29, 1.82) is 0 Å². The van der Waals surface area contributed by atoms with Crippen LogP contribution in [-0.2, 0) is 13.0 Å². The van der Waals surface area contributed by atoms with Gasteiger partial charge in [0.15, 0.2) is 5.76 Å². The van der Waals surface area contributed by atoms with Crippen LogP contribution in [0.3, 0.4) is 0 Å². The zero-order chi connectivity index (χ0) is 19.6. The van der Waals surface area contributed by atoms with Crippen molar-refractivity contribution in [3.05, 3.63) is 63.6 Å². The Bertz CT molecular complexity index is 1070. The minimum Gasteiger partial charge on any atom is -0.478 e. The van der Waals surface area contributed by atoms with Gasteiger partial charge in [-0.05, 0) is 19.1 Å². The number of fused-ring (bicyclic) bond motifs is 1. The molecule has 0 aliphatic rings. The molecule has 2 N–H and O–H groups in total. The lowest BCUT2D eigenvalue weighted by Gasteiger charge is -2.19. The molecule has 0 bridgehead atoms. The van der Waals surface area contributed by atoms with Crippen molar-refractivity contribution in [1.82, 2.24) is 14.9 Å². The Labute approximate surface area is 154 Å². The Hall–Kier alpha value is -3.42. The Morgan fingerprint density at radius 2 is 2.00 bits per heavy atom. The Morgan fingerprint density at radius 3 is 2.63 bits per heavy atom. The number of aromatic amines is 1. The van der Waals surface area contributed by atoms with E-state index in [9.17, 15) is 19.5 Å². The first-order chi connectivity index (χ1) is 12.9. The van der Waals surface area contributed by atoms with E-state index in [0.29, 0.717) is 29.7 Å². The van der Waals surface area contributed by atoms with E-state index >= 15 is 0 Å². The van der Waals surface area contributed by atoms with Crippen LogP contribution in [0.1, 0.15) is 46.3 Å². The molecule has 0 saturated heterocycles. The summed E-state index contributed by atoms with van der Waals surface area (Å²) >= 11 is 0. The summed E-state index contributed by atoms with van der Waals surface area (Å²) in [5, 5.41) is 9.69. The van der Waals surface area contributed by atoms with E-state index in [1.807, 2.05) is 0 Å². The molecule has 2 aromatic heterocycles. The summed E-state index contributed by atoms with van der Waals surface area (Å²) in [5.41, 5.74) is 0.242. The fourth-order valence-corrected chi connectivity index (χ4v) is 2.85. The number of hydrogen-bond acceptors (Lipinski definition) is 5. The van der Waals surface area contributed by atoms with E-state index in [4.69, 9.17) is 4.42 Å². The van der Waals surface area contributed by atoms with Crippen LogP contribution in [0.2, 0.25) is 0 Å². The first-order valence-corrected chi connectivity index (χ1v) is 8.57. The normalized spacial score (nSPS) is 10.9. The maximum absolute atomic E-state index is 12.8. The molecule has 8 nitrogen and oxygen atoms in total. The topological polar surface area (TPSA) is 117 Å². The number of carboxylic acids is 1. The average Bonchev–Trinajstić information content (AvgIpc) is 3.10. The number of H-pyrrole nitrogens is 1. The number of amides is 1. The lowest BCUT2D eigenvalue weighted by Crippen LogP contribution is -2.31. The van der Waals surface area contributed by atoms with Crippen molar-refractivity contribution in [2.45, 2.75) is 26.8 Å². The number of hydrogen-bond donors (Lipinski definition) is 2. The van der Waals surface area contributed by atoms with Gasteiger partial charge < -0.3 is 19.4 Å². The standard InChI is InChI=1S/C19H19N3O5/c1-3-14-12(19(25)26)9-15(27-14)18(24)22(4-2)10-16-20-13-8-6-5-7-11(13)17(23)21-16/h5-9H,3-4,10H2,1-2H3,(H,25,26)(H,20,21,23). The highest BCUT2D eigenvalue weighted by Crippen LogP contribution is 2.19. The van der Waals surface area contributed by atoms with Crippen molar-refractivity contribution in [2.75, 3.05) is 6.54 Å². The largest absolute Gasteiger partial charge is 0.478 e. The number of carbonyl (C=O) groups excluding carboxylic acids is 1. The van der Waals surface area contributed by atoms with Crippen molar-refractivity contribution in [2.24, 2.45) is 0 Å². The Kier molecular flexibility index (Phi) is 5.07. The quantitative estimate of drug-likeness (QED) is 0.689. The molecule has 140 valence electrons. The summed E-state index contributed by atoms with van der Waals surface area (Å²) in [4.78, 5) is 44.7. The van der Waals surface area contributed by atoms with Crippen molar-refractivity contribution in [3.63, 3.8) is 0 Å². The molecule has 27 heavy (non-hydrogen) atoms. The van der Waals surface area contributed by atoms with Gasteiger partial charge in [-0.2, -0.15) is 0 Å². The lowest BCUT2D eigenvalue weighted by molar-refractivity contribution is 0.0690. The third-order valence-corrected chi connectivity index (χ3v) is 4.24. The summed E-state index contributed by atoms with van der Waals surface area (Å²) in [6.07, 6.45) is 0.362. The van der Waals surface area contributed by atoms with Gasteiger partial charge >= 0.3 is 5.97 Å². The minimum absolute atomic E-state index is 0.0193. The van der Waals surface area contributed by atoms with E-state index in [2.05, 4.69) is 9.97 Å². The second kappa shape index (κ2) is 7.45. The van der Waals surface area contributed by atoms with Gasteiger partial charge in [0.05, 0.1) is 17.4 Å². The maximum atomic E-state index is 12.8. The van der Waals surface area contributed by atoms with Gasteiger partial charge in [-0.1, -0.05) is 19.1 Å².